The third-order valence-corrected chi connectivity index (χ3v) is 5.15. The van der Waals surface area contributed by atoms with Gasteiger partial charge in [0.1, 0.15) is 45.6 Å². The van der Waals surface area contributed by atoms with Gasteiger partial charge in [0.15, 0.2) is 11.6 Å². The molecule has 0 heterocycles. The summed E-state index contributed by atoms with van der Waals surface area (Å²) in [4.78, 5) is 24.5. The number of methoxy groups -OCH3 is 1. The van der Waals surface area contributed by atoms with Crippen molar-refractivity contribution in [2.75, 3.05) is 7.11 Å². The third-order valence-electron chi connectivity index (χ3n) is 5.15. The lowest BCUT2D eigenvalue weighted by Gasteiger charge is -2.20. The number of phenolic OH excluding ortho intramolecular Hbond substituents is 5. The molecule has 0 aliphatic heterocycles. The summed E-state index contributed by atoms with van der Waals surface area (Å²) in [5, 5.41) is 52.5. The fourth-order valence-corrected chi connectivity index (χ4v) is 3.50. The van der Waals surface area contributed by atoms with Gasteiger partial charge in [0.2, 0.25) is 0 Å². The van der Waals surface area contributed by atoms with Crippen LogP contribution in [0.25, 0.3) is 0 Å². The number of hydrogen-bond acceptors (Lipinski definition) is 8. The van der Waals surface area contributed by atoms with Gasteiger partial charge in [0.05, 0.1) is 7.11 Å². The maximum atomic E-state index is 12.6. The van der Waals surface area contributed by atoms with E-state index in [0.717, 1.165) is 6.92 Å². The van der Waals surface area contributed by atoms with Gasteiger partial charge in [-0.1, -0.05) is 6.92 Å². The lowest BCUT2D eigenvalue weighted by atomic mass is 9.90. The van der Waals surface area contributed by atoms with Crippen molar-refractivity contribution in [3.05, 3.63) is 33.4 Å². The molecular formula is C22H26O8. The van der Waals surface area contributed by atoms with Crippen LogP contribution in [-0.2, 0) is 6.42 Å². The molecule has 8 heteroatoms. The Bertz CT molecular complexity index is 1040. The largest absolute Gasteiger partial charge is 0.507 e. The molecule has 0 aliphatic carbocycles. The van der Waals surface area contributed by atoms with Crippen LogP contribution in [0.3, 0.4) is 0 Å². The molecule has 0 saturated heterocycles. The summed E-state index contributed by atoms with van der Waals surface area (Å²) in [5.74, 6) is -3.64. The van der Waals surface area contributed by atoms with E-state index in [2.05, 4.69) is 0 Å². The van der Waals surface area contributed by atoms with Crippen molar-refractivity contribution in [1.82, 2.24) is 0 Å². The number of benzene rings is 2. The normalized spacial score (nSPS) is 10.8. The van der Waals surface area contributed by atoms with Crippen LogP contribution in [0.1, 0.15) is 69.7 Å². The summed E-state index contributed by atoms with van der Waals surface area (Å²) < 4.78 is 5.23. The van der Waals surface area contributed by atoms with Crippen LogP contribution in [0.15, 0.2) is 0 Å². The van der Waals surface area contributed by atoms with Gasteiger partial charge < -0.3 is 30.3 Å². The first kappa shape index (κ1) is 22.9. The molecular weight excluding hydrogens is 392 g/mol. The van der Waals surface area contributed by atoms with E-state index in [-0.39, 0.29) is 51.3 Å². The Kier molecular flexibility index (Phi) is 6.50. The molecule has 0 aromatic heterocycles. The summed E-state index contributed by atoms with van der Waals surface area (Å²) in [6.45, 7) is 5.80. The Morgan fingerprint density at radius 2 is 1.30 bits per heavy atom. The van der Waals surface area contributed by atoms with Crippen LogP contribution in [0.5, 0.6) is 34.5 Å². The number of phenols is 5. The van der Waals surface area contributed by atoms with E-state index in [1.165, 1.54) is 21.0 Å². The second kappa shape index (κ2) is 8.52. The van der Waals surface area contributed by atoms with E-state index in [1.807, 2.05) is 0 Å². The van der Waals surface area contributed by atoms with Gasteiger partial charge in [-0.2, -0.15) is 0 Å². The number of ether oxygens (including phenoxy) is 1. The first-order chi connectivity index (χ1) is 14.0. The molecule has 0 aliphatic rings. The zero-order valence-corrected chi connectivity index (χ0v) is 17.6. The molecule has 0 spiro atoms. The summed E-state index contributed by atoms with van der Waals surface area (Å²) >= 11 is 0. The van der Waals surface area contributed by atoms with Crippen LogP contribution in [0, 0.1) is 13.8 Å². The molecule has 2 aromatic carbocycles. The molecule has 8 nitrogen and oxygen atoms in total. The highest BCUT2D eigenvalue weighted by Gasteiger charge is 2.29. The number of rotatable bonds is 7. The summed E-state index contributed by atoms with van der Waals surface area (Å²) in [6.07, 6.45) is 0.252. The smallest absolute Gasteiger partial charge is 0.170 e. The Labute approximate surface area is 174 Å². The summed E-state index contributed by atoms with van der Waals surface area (Å²) in [6, 6.07) is 0. The van der Waals surface area contributed by atoms with Crippen molar-refractivity contribution in [3.63, 3.8) is 0 Å². The average Bonchev–Trinajstić information content (AvgIpc) is 2.68. The Morgan fingerprint density at radius 1 is 0.800 bits per heavy atom. The zero-order valence-electron chi connectivity index (χ0n) is 17.6. The second-order valence-corrected chi connectivity index (χ2v) is 7.14. The molecule has 0 fully saturated rings. The van der Waals surface area contributed by atoms with E-state index >= 15 is 0 Å². The molecule has 2 aromatic rings. The van der Waals surface area contributed by atoms with Crippen LogP contribution in [0.2, 0.25) is 0 Å². The number of aromatic hydroxyl groups is 5. The molecule has 0 saturated carbocycles. The van der Waals surface area contributed by atoms with Crippen molar-refractivity contribution in [2.45, 2.75) is 47.0 Å². The highest BCUT2D eigenvalue weighted by molar-refractivity contribution is 6.03. The van der Waals surface area contributed by atoms with Crippen LogP contribution in [0.4, 0.5) is 0 Å². The highest BCUT2D eigenvalue weighted by atomic mass is 16.5. The van der Waals surface area contributed by atoms with Crippen LogP contribution < -0.4 is 4.74 Å². The number of carbonyl (C=O) groups is 2. The summed E-state index contributed by atoms with van der Waals surface area (Å²) in [7, 11) is 1.31. The van der Waals surface area contributed by atoms with Crippen molar-refractivity contribution < 1.29 is 39.9 Å². The topological polar surface area (TPSA) is 145 Å². The number of carbonyl (C=O) groups excluding carboxylic acids is 2. The van der Waals surface area contributed by atoms with Crippen molar-refractivity contribution in [2.24, 2.45) is 0 Å². The van der Waals surface area contributed by atoms with Gasteiger partial charge >= 0.3 is 0 Å². The molecule has 162 valence electrons. The van der Waals surface area contributed by atoms with Crippen LogP contribution in [-0.4, -0.2) is 44.2 Å². The van der Waals surface area contributed by atoms with Crippen molar-refractivity contribution >= 4 is 11.6 Å². The van der Waals surface area contributed by atoms with E-state index in [4.69, 9.17) is 4.74 Å². The quantitative estimate of drug-likeness (QED) is 0.429. The zero-order chi connectivity index (χ0) is 22.9. The van der Waals surface area contributed by atoms with Crippen molar-refractivity contribution in [3.8, 4) is 34.5 Å². The first-order valence-corrected chi connectivity index (χ1v) is 9.41. The fourth-order valence-electron chi connectivity index (χ4n) is 3.50. The first-order valence-electron chi connectivity index (χ1n) is 9.41. The number of Topliss-reactive ketones (excluding diaryl/α,β-unsaturated/α-hetero) is 2. The molecule has 0 atom stereocenters. The van der Waals surface area contributed by atoms with E-state index in [0.29, 0.717) is 6.42 Å². The maximum Gasteiger partial charge on any atom is 0.170 e. The summed E-state index contributed by atoms with van der Waals surface area (Å²) in [5.41, 5.74) is -0.638. The van der Waals surface area contributed by atoms with Gasteiger partial charge in [-0.15, -0.1) is 0 Å². The van der Waals surface area contributed by atoms with Crippen molar-refractivity contribution in [1.29, 1.82) is 0 Å². The molecule has 5 N–H and O–H groups in total. The fraction of sp³-hybridized carbons (Fsp3) is 0.364. The standard InChI is InChI=1S/C22H26O8/c1-6-7-14(24)16-21(29)13(18(26)10(3)22(16)30-5)8-12-17(25)9(2)19(27)15(11(4)23)20(12)28/h25-29H,6-8H2,1-5H3. The minimum atomic E-state index is -0.670. The molecule has 0 radical (unpaired) electrons. The monoisotopic (exact) mass is 418 g/mol. The molecule has 0 amide bonds. The third kappa shape index (κ3) is 3.60. The SMILES string of the molecule is CCCC(=O)c1c(O)c(Cc2c(O)c(C)c(O)c(C(C)=O)c2O)c(O)c(C)c1OC. The van der Waals surface area contributed by atoms with Gasteiger partial charge in [-0.25, -0.2) is 0 Å². The Balaban J connectivity index is 2.82. The average molecular weight is 418 g/mol. The van der Waals surface area contributed by atoms with Gasteiger partial charge in [0.25, 0.3) is 0 Å². The molecule has 0 unspecified atom stereocenters. The molecule has 0 bridgehead atoms. The van der Waals surface area contributed by atoms with Gasteiger partial charge in [-0.05, 0) is 27.2 Å². The lowest BCUT2D eigenvalue weighted by molar-refractivity contribution is 0.0973. The van der Waals surface area contributed by atoms with E-state index in [9.17, 15) is 35.1 Å². The second-order valence-electron chi connectivity index (χ2n) is 7.14. The lowest BCUT2D eigenvalue weighted by Crippen LogP contribution is -2.07. The number of hydrogen-bond donors (Lipinski definition) is 5. The predicted octanol–water partition coefficient (Wildman–Crippen LogP) is 3.62. The van der Waals surface area contributed by atoms with E-state index < -0.39 is 41.0 Å². The van der Waals surface area contributed by atoms with Crippen LogP contribution >= 0.6 is 0 Å². The maximum absolute atomic E-state index is 12.6. The number of ketones is 2. The highest BCUT2D eigenvalue weighted by Crippen LogP contribution is 2.48. The predicted molar refractivity (Wildman–Crippen MR) is 109 cm³/mol. The molecule has 30 heavy (non-hydrogen) atoms. The Hall–Kier alpha value is -3.42. The van der Waals surface area contributed by atoms with E-state index in [1.54, 1.807) is 6.92 Å². The minimum Gasteiger partial charge on any atom is -0.507 e. The minimum absolute atomic E-state index is 0.0342. The van der Waals surface area contributed by atoms with Gasteiger partial charge in [0, 0.05) is 35.1 Å². The molecule has 2 rings (SSSR count). The van der Waals surface area contributed by atoms with Gasteiger partial charge in [-0.3, -0.25) is 9.59 Å². The Morgan fingerprint density at radius 3 is 1.77 bits per heavy atom.